The molecule has 15 heavy (non-hydrogen) atoms. The number of rotatable bonds is 0. The molecule has 0 rings (SSSR count). The molecule has 0 saturated heterocycles. The van der Waals surface area contributed by atoms with Crippen LogP contribution in [0.3, 0.4) is 0 Å². The number of hydrogen-bond donors (Lipinski definition) is 2. The summed E-state index contributed by atoms with van der Waals surface area (Å²) in [6, 6.07) is 1.64. The number of nitrogens with zero attached hydrogens (tertiary/aromatic N) is 2. The Morgan fingerprint density at radius 3 is 1.07 bits per heavy atom. The maximum Gasteiger partial charge on any atom is 1.00 e. The van der Waals surface area contributed by atoms with Crippen LogP contribution < -0.4 is 180 Å². The van der Waals surface area contributed by atoms with Crippen molar-refractivity contribution < 1.29 is 174 Å². The first-order chi connectivity index (χ1) is 5.38. The van der Waals surface area contributed by atoms with E-state index in [-0.39, 0.29) is 154 Å². The van der Waals surface area contributed by atoms with Gasteiger partial charge < -0.3 is 34.7 Å². The van der Waals surface area contributed by atoms with Gasteiger partial charge in [-0.25, -0.2) is 4.79 Å². The molecule has 0 fully saturated rings. The quantitative estimate of drug-likeness (QED) is 0.330. The van der Waals surface area contributed by atoms with E-state index in [2.05, 4.69) is 11.5 Å². The summed E-state index contributed by atoms with van der Waals surface area (Å²) in [4.78, 5) is 34.4. The summed E-state index contributed by atoms with van der Waals surface area (Å²) >= 11 is 0. The molecule has 2 amide bonds. The van der Waals surface area contributed by atoms with Crippen molar-refractivity contribution in [1.29, 1.82) is 10.5 Å². The second kappa shape index (κ2) is 36.0. The molecule has 0 aromatic rings. The molecule has 0 aromatic carbocycles. The fraction of sp³-hybridized carbons (Fsp3) is 0. The van der Waals surface area contributed by atoms with Gasteiger partial charge in [-0.1, -0.05) is 0 Å². The molecule has 0 saturated carbocycles. The van der Waals surface area contributed by atoms with Gasteiger partial charge in [-0.15, -0.1) is 0 Å². The van der Waals surface area contributed by atoms with E-state index >= 15 is 0 Å². The predicted molar refractivity (Wildman–Crippen MR) is 31.9 cm³/mol. The van der Waals surface area contributed by atoms with Gasteiger partial charge in [-0.3, -0.25) is 0 Å². The van der Waals surface area contributed by atoms with E-state index in [0.717, 1.165) is 0 Å². The van der Waals surface area contributed by atoms with Crippen LogP contribution >= 0.6 is 8.60 Å². The summed E-state index contributed by atoms with van der Waals surface area (Å²) in [5.74, 6) is 0. The van der Waals surface area contributed by atoms with Crippen LogP contribution in [-0.4, -0.2) is 6.03 Å². The molecule has 12 heteroatoms. The maximum absolute atomic E-state index is 9.00. The zero-order valence-corrected chi connectivity index (χ0v) is 18.9. The Kier molecular flexibility index (Phi) is 87.1. The molecule has 0 spiro atoms. The van der Waals surface area contributed by atoms with Crippen molar-refractivity contribution in [3.63, 3.8) is 0 Å². The molecule has 0 aliphatic rings. The smallest absolute Gasteiger partial charge is 0.854 e. The number of nitriles is 2. The summed E-state index contributed by atoms with van der Waals surface area (Å²) in [6.07, 6.45) is 0. The Morgan fingerprint density at radius 1 is 1.00 bits per heavy atom. The zero-order valence-electron chi connectivity index (χ0n) is 8.63. The Hall–Kier alpha value is 3.47. The Balaban J connectivity index is -0.0000000184. The Morgan fingerprint density at radius 2 is 1.07 bits per heavy atom. The molecular formula is C3H4K3N4O4P. The third-order valence-corrected chi connectivity index (χ3v) is 0.0500. The van der Waals surface area contributed by atoms with Crippen LogP contribution in [0.1, 0.15) is 0 Å². The third kappa shape index (κ3) is 209. The molecule has 0 radical (unpaired) electrons. The average molecular weight is 308 g/mol. The standard InChI is InChI=1S/C2N2.CH4N2O.3K.O3P/c3-1-2-4;2-1(3)4;;;;1-4(2)3/h;(H4,2,3,4);;;;/q;;3*+1;-3. The monoisotopic (exact) mass is 308 g/mol. The van der Waals surface area contributed by atoms with E-state index in [1.807, 2.05) is 0 Å². The molecule has 0 aliphatic carbocycles. The van der Waals surface area contributed by atoms with Gasteiger partial charge in [0, 0.05) is 0 Å². The van der Waals surface area contributed by atoms with Crippen molar-refractivity contribution in [2.24, 2.45) is 11.5 Å². The third-order valence-electron chi connectivity index (χ3n) is 0.0500. The SMILES string of the molecule is N#CC#N.NC(N)=O.[K+].[K+].[K+].[O-]P([O-])[O-]. The Labute approximate surface area is 216 Å². The first-order valence-electron chi connectivity index (χ1n) is 2.03. The van der Waals surface area contributed by atoms with Crippen molar-refractivity contribution in [3.05, 3.63) is 0 Å². The zero-order chi connectivity index (χ0) is 10.6. The van der Waals surface area contributed by atoms with Crippen LogP contribution in [0, 0.1) is 22.7 Å². The van der Waals surface area contributed by atoms with Gasteiger partial charge in [0.05, 0.1) is 0 Å². The number of hydrogen-bond acceptors (Lipinski definition) is 6. The van der Waals surface area contributed by atoms with E-state index in [1.54, 1.807) is 0 Å². The van der Waals surface area contributed by atoms with Crippen molar-refractivity contribution in [2.75, 3.05) is 0 Å². The molecule has 0 bridgehead atoms. The minimum atomic E-state index is -3.37. The molecule has 0 aliphatic heterocycles. The first-order valence-corrected chi connectivity index (χ1v) is 3.12. The van der Waals surface area contributed by atoms with Gasteiger partial charge in [0.1, 0.15) is 0 Å². The van der Waals surface area contributed by atoms with E-state index in [4.69, 9.17) is 30.0 Å². The van der Waals surface area contributed by atoms with Crippen LogP contribution in [0.5, 0.6) is 0 Å². The van der Waals surface area contributed by atoms with Crippen LogP contribution in [0.15, 0.2) is 0 Å². The van der Waals surface area contributed by atoms with Gasteiger partial charge in [0.2, 0.25) is 0 Å². The van der Waals surface area contributed by atoms with Gasteiger partial charge in [0.25, 0.3) is 0 Å². The molecule has 0 aromatic heterocycles. The number of amides is 2. The second-order valence-corrected chi connectivity index (χ2v) is 1.30. The molecule has 0 atom stereocenters. The van der Waals surface area contributed by atoms with Gasteiger partial charge in [-0.2, -0.15) is 10.5 Å². The molecule has 8 nitrogen and oxygen atoms in total. The minimum absolute atomic E-state index is 0. The van der Waals surface area contributed by atoms with Gasteiger partial charge >= 0.3 is 160 Å². The van der Waals surface area contributed by atoms with E-state index < -0.39 is 14.6 Å². The van der Waals surface area contributed by atoms with Crippen molar-refractivity contribution in [3.8, 4) is 12.1 Å². The van der Waals surface area contributed by atoms with Crippen LogP contribution in [0.25, 0.3) is 0 Å². The summed E-state index contributed by atoms with van der Waals surface area (Å²) in [5, 5.41) is 14.5. The average Bonchev–Trinajstić information content (AvgIpc) is 1.85. The number of nitrogens with two attached hydrogens (primary N) is 2. The van der Waals surface area contributed by atoms with Crippen molar-refractivity contribution in [2.45, 2.75) is 0 Å². The molecule has 4 N–H and O–H groups in total. The maximum atomic E-state index is 9.00. The minimum Gasteiger partial charge on any atom is -0.854 e. The second-order valence-electron chi connectivity index (χ2n) is 0.850. The van der Waals surface area contributed by atoms with E-state index in [1.165, 1.54) is 12.1 Å². The van der Waals surface area contributed by atoms with Crippen LogP contribution in [-0.2, 0) is 0 Å². The summed E-state index contributed by atoms with van der Waals surface area (Å²) in [7, 11) is -3.37. The summed E-state index contributed by atoms with van der Waals surface area (Å²) < 4.78 is 0. The summed E-state index contributed by atoms with van der Waals surface area (Å²) in [5.41, 5.74) is 8.50. The Bertz CT molecular complexity index is 174. The number of carbonyl (C=O) groups is 1. The normalized spacial score (nSPS) is 4.67. The first kappa shape index (κ1) is 36.3. The van der Waals surface area contributed by atoms with Crippen molar-refractivity contribution in [1.82, 2.24) is 0 Å². The van der Waals surface area contributed by atoms with Crippen LogP contribution in [0.4, 0.5) is 4.79 Å². The molecule has 68 valence electrons. The number of primary amides is 2. The van der Waals surface area contributed by atoms with E-state index in [9.17, 15) is 0 Å². The molecular weight excluding hydrogens is 304 g/mol. The largest absolute Gasteiger partial charge is 1.00 e. The topological polar surface area (TPSA) is 186 Å². The fourth-order valence-corrected chi connectivity index (χ4v) is 0. The number of urea groups is 1. The van der Waals surface area contributed by atoms with Crippen molar-refractivity contribution >= 4 is 14.6 Å². The molecule has 0 unspecified atom stereocenters. The van der Waals surface area contributed by atoms with Gasteiger partial charge in [0.15, 0.2) is 12.1 Å². The predicted octanol–water partition coefficient (Wildman–Crippen LogP) is -12.6. The van der Waals surface area contributed by atoms with Crippen LogP contribution in [0.2, 0.25) is 0 Å². The number of carbonyl (C=O) groups excluding carboxylic acids is 1. The van der Waals surface area contributed by atoms with Gasteiger partial charge in [-0.05, 0) is 0 Å². The summed E-state index contributed by atoms with van der Waals surface area (Å²) in [6.45, 7) is 0. The molecule has 0 heterocycles. The fourth-order valence-electron chi connectivity index (χ4n) is 0. The van der Waals surface area contributed by atoms with E-state index in [0.29, 0.717) is 0 Å².